The Balaban J connectivity index is 1.49. The number of nitrogens with zero attached hydrogens (tertiary/aromatic N) is 5. The van der Waals surface area contributed by atoms with Crippen LogP contribution in [0.5, 0.6) is 0 Å². The van der Waals surface area contributed by atoms with Crippen LogP contribution in [0.2, 0.25) is 0 Å². The van der Waals surface area contributed by atoms with Crippen LogP contribution in [0, 0.1) is 0 Å². The van der Waals surface area contributed by atoms with Gasteiger partial charge in [-0.15, -0.1) is 0 Å². The fourth-order valence-corrected chi connectivity index (χ4v) is 4.20. The van der Waals surface area contributed by atoms with Gasteiger partial charge >= 0.3 is 0 Å². The zero-order valence-electron chi connectivity index (χ0n) is 14.4. The van der Waals surface area contributed by atoms with E-state index in [0.717, 1.165) is 66.8 Å². The number of likely N-dealkylation sites (N-methyl/N-ethyl adjacent to an activating group) is 1. The molecule has 1 aromatic heterocycles. The highest BCUT2D eigenvalue weighted by Crippen LogP contribution is 2.27. The van der Waals surface area contributed by atoms with Gasteiger partial charge in [0.15, 0.2) is 0 Å². The van der Waals surface area contributed by atoms with Crippen molar-refractivity contribution in [2.75, 3.05) is 44.7 Å². The number of fused-ring (bicyclic) bond motifs is 1. The van der Waals surface area contributed by atoms with Gasteiger partial charge in [0.1, 0.15) is 12.1 Å². The molecule has 0 spiro atoms. The van der Waals surface area contributed by atoms with E-state index in [2.05, 4.69) is 48.8 Å². The average Bonchev–Trinajstić information content (AvgIpc) is 3.06. The predicted octanol–water partition coefficient (Wildman–Crippen LogP) is 2.14. The summed E-state index contributed by atoms with van der Waals surface area (Å²) in [6.07, 6.45) is 3.73. The first-order valence-electron chi connectivity index (χ1n) is 8.78. The van der Waals surface area contributed by atoms with Crippen molar-refractivity contribution < 1.29 is 4.79 Å². The molecule has 1 amide bonds. The van der Waals surface area contributed by atoms with Crippen molar-refractivity contribution in [1.29, 1.82) is 0 Å². The maximum absolute atomic E-state index is 12.7. The number of halogens is 1. The fourth-order valence-electron chi connectivity index (χ4n) is 3.84. The molecule has 0 aliphatic carbocycles. The summed E-state index contributed by atoms with van der Waals surface area (Å²) in [5.41, 5.74) is 0.944. The summed E-state index contributed by atoms with van der Waals surface area (Å²) in [5, 5.41) is 1.05. The smallest absolute Gasteiger partial charge is 0.240 e. The Labute approximate surface area is 155 Å². The summed E-state index contributed by atoms with van der Waals surface area (Å²) in [4.78, 5) is 28.1. The zero-order valence-corrected chi connectivity index (χ0v) is 15.9. The molecular weight excluding hydrogens is 382 g/mol. The lowest BCUT2D eigenvalue weighted by Crippen LogP contribution is -2.53. The Morgan fingerprint density at radius 1 is 1.16 bits per heavy atom. The van der Waals surface area contributed by atoms with Crippen molar-refractivity contribution in [2.45, 2.75) is 18.9 Å². The van der Waals surface area contributed by atoms with Crippen LogP contribution in [0.1, 0.15) is 12.8 Å². The molecule has 2 saturated heterocycles. The van der Waals surface area contributed by atoms with Crippen molar-refractivity contribution >= 4 is 38.6 Å². The van der Waals surface area contributed by atoms with Crippen LogP contribution < -0.4 is 4.90 Å². The van der Waals surface area contributed by atoms with Gasteiger partial charge in [-0.1, -0.05) is 15.9 Å². The number of rotatable bonds is 2. The molecule has 0 bridgehead atoms. The molecule has 0 radical (unpaired) electrons. The summed E-state index contributed by atoms with van der Waals surface area (Å²) >= 11 is 3.53. The van der Waals surface area contributed by atoms with E-state index >= 15 is 0 Å². The second-order valence-electron chi connectivity index (χ2n) is 6.81. The van der Waals surface area contributed by atoms with E-state index in [4.69, 9.17) is 0 Å². The molecule has 2 aliphatic heterocycles. The number of aromatic nitrogens is 2. The lowest BCUT2D eigenvalue weighted by atomic mass is 10.1. The number of benzene rings is 1. The van der Waals surface area contributed by atoms with Crippen molar-refractivity contribution in [3.8, 4) is 0 Å². The minimum Gasteiger partial charge on any atom is -0.352 e. The van der Waals surface area contributed by atoms with Crippen LogP contribution in [0.25, 0.3) is 10.9 Å². The van der Waals surface area contributed by atoms with Gasteiger partial charge in [-0.05, 0) is 44.6 Å². The maximum Gasteiger partial charge on any atom is 0.240 e. The molecule has 25 heavy (non-hydrogen) atoms. The summed E-state index contributed by atoms with van der Waals surface area (Å²) in [7, 11) is 2.05. The molecule has 7 heteroatoms. The van der Waals surface area contributed by atoms with Gasteiger partial charge in [0.25, 0.3) is 0 Å². The third-order valence-corrected chi connectivity index (χ3v) is 5.77. The van der Waals surface area contributed by atoms with E-state index in [-0.39, 0.29) is 11.9 Å². The van der Waals surface area contributed by atoms with E-state index in [1.807, 2.05) is 17.0 Å². The third-order valence-electron chi connectivity index (χ3n) is 5.27. The van der Waals surface area contributed by atoms with Crippen molar-refractivity contribution in [3.05, 3.63) is 29.0 Å². The third kappa shape index (κ3) is 3.22. The molecule has 0 saturated carbocycles. The standard InChI is InChI=1S/C18H22BrN5O/c1-22-6-2-3-16(22)18(25)24-9-7-23(8-10-24)17-14-11-13(19)4-5-15(14)20-12-21-17/h4-5,11-12,16H,2-3,6-10H2,1H3. The average molecular weight is 404 g/mol. The highest BCUT2D eigenvalue weighted by Gasteiger charge is 2.33. The topological polar surface area (TPSA) is 52.6 Å². The predicted molar refractivity (Wildman–Crippen MR) is 102 cm³/mol. The molecule has 4 rings (SSSR count). The van der Waals surface area contributed by atoms with Gasteiger partial charge in [-0.25, -0.2) is 9.97 Å². The molecule has 2 aromatic rings. The van der Waals surface area contributed by atoms with E-state index in [9.17, 15) is 4.79 Å². The maximum atomic E-state index is 12.7. The largest absolute Gasteiger partial charge is 0.352 e. The van der Waals surface area contributed by atoms with Crippen molar-refractivity contribution in [3.63, 3.8) is 0 Å². The molecular formula is C18H22BrN5O. The molecule has 1 aromatic carbocycles. The number of piperazine rings is 1. The van der Waals surface area contributed by atoms with E-state index in [0.29, 0.717) is 0 Å². The van der Waals surface area contributed by atoms with Crippen LogP contribution in [0.3, 0.4) is 0 Å². The molecule has 6 nitrogen and oxygen atoms in total. The SMILES string of the molecule is CN1CCCC1C(=O)N1CCN(c2ncnc3ccc(Br)cc23)CC1. The molecule has 2 aliphatic rings. The van der Waals surface area contributed by atoms with Gasteiger partial charge in [0.2, 0.25) is 5.91 Å². The first-order chi connectivity index (χ1) is 12.1. The molecule has 0 N–H and O–H groups in total. The van der Waals surface area contributed by atoms with Gasteiger partial charge in [-0.2, -0.15) is 0 Å². The fraction of sp³-hybridized carbons (Fsp3) is 0.500. The normalized spacial score (nSPS) is 21.9. The van der Waals surface area contributed by atoms with E-state index in [1.54, 1.807) is 6.33 Å². The quantitative estimate of drug-likeness (QED) is 0.768. The van der Waals surface area contributed by atoms with Gasteiger partial charge in [0, 0.05) is 36.0 Å². The van der Waals surface area contributed by atoms with Crippen LogP contribution in [-0.2, 0) is 4.79 Å². The van der Waals surface area contributed by atoms with E-state index < -0.39 is 0 Å². The second kappa shape index (κ2) is 6.88. The van der Waals surface area contributed by atoms with Crippen LogP contribution in [0.4, 0.5) is 5.82 Å². The zero-order chi connectivity index (χ0) is 17.4. The highest BCUT2D eigenvalue weighted by molar-refractivity contribution is 9.10. The Bertz CT molecular complexity index is 790. The lowest BCUT2D eigenvalue weighted by molar-refractivity contribution is -0.135. The first-order valence-corrected chi connectivity index (χ1v) is 9.57. The molecule has 132 valence electrons. The molecule has 3 heterocycles. The number of anilines is 1. The minimum absolute atomic E-state index is 0.0717. The molecule has 2 fully saturated rings. The number of carbonyl (C=O) groups is 1. The number of amides is 1. The monoisotopic (exact) mass is 403 g/mol. The van der Waals surface area contributed by atoms with Gasteiger partial charge in [0.05, 0.1) is 11.6 Å². The lowest BCUT2D eigenvalue weighted by Gasteiger charge is -2.37. The molecule has 1 atom stereocenters. The number of likely N-dealkylation sites (tertiary alicyclic amines) is 1. The first kappa shape index (κ1) is 16.7. The number of carbonyl (C=O) groups excluding carboxylic acids is 1. The molecule has 1 unspecified atom stereocenters. The van der Waals surface area contributed by atoms with Crippen LogP contribution in [0.15, 0.2) is 29.0 Å². The number of hydrogen-bond donors (Lipinski definition) is 0. The summed E-state index contributed by atoms with van der Waals surface area (Å²) in [6.45, 7) is 4.14. The Hall–Kier alpha value is -1.73. The second-order valence-corrected chi connectivity index (χ2v) is 7.73. The summed E-state index contributed by atoms with van der Waals surface area (Å²) in [5.74, 6) is 1.24. The van der Waals surface area contributed by atoms with Gasteiger partial charge in [-0.3, -0.25) is 9.69 Å². The van der Waals surface area contributed by atoms with Gasteiger partial charge < -0.3 is 9.80 Å². The Kier molecular flexibility index (Phi) is 4.60. The van der Waals surface area contributed by atoms with Crippen molar-refractivity contribution in [1.82, 2.24) is 19.8 Å². The van der Waals surface area contributed by atoms with Crippen molar-refractivity contribution in [2.24, 2.45) is 0 Å². The Morgan fingerprint density at radius 3 is 2.68 bits per heavy atom. The summed E-state index contributed by atoms with van der Waals surface area (Å²) < 4.78 is 1.02. The summed E-state index contributed by atoms with van der Waals surface area (Å²) in [6, 6.07) is 6.13. The van der Waals surface area contributed by atoms with Crippen LogP contribution in [-0.4, -0.2) is 71.5 Å². The van der Waals surface area contributed by atoms with E-state index in [1.165, 1.54) is 0 Å². The highest BCUT2D eigenvalue weighted by atomic mass is 79.9. The minimum atomic E-state index is 0.0717. The van der Waals surface area contributed by atoms with Crippen LogP contribution >= 0.6 is 15.9 Å². The number of hydrogen-bond acceptors (Lipinski definition) is 5. The Morgan fingerprint density at radius 2 is 1.96 bits per heavy atom.